The fourth-order valence-corrected chi connectivity index (χ4v) is 1.98. The van der Waals surface area contributed by atoms with Crippen LogP contribution in [0.3, 0.4) is 0 Å². The summed E-state index contributed by atoms with van der Waals surface area (Å²) in [5.74, 6) is -0.237. The summed E-state index contributed by atoms with van der Waals surface area (Å²) in [6, 6.07) is 4.68. The quantitative estimate of drug-likeness (QED) is 0.937. The van der Waals surface area contributed by atoms with Crippen molar-refractivity contribution in [2.75, 3.05) is 5.32 Å². The molecule has 90 valence electrons. The maximum Gasteiger partial charge on any atom is 0.124 e. The number of aromatic nitrogens is 2. The average Bonchev–Trinajstić information content (AvgIpc) is 2.76. The van der Waals surface area contributed by atoms with Gasteiger partial charge in [-0.15, -0.1) is 0 Å². The van der Waals surface area contributed by atoms with Crippen LogP contribution in [0.25, 0.3) is 0 Å². The summed E-state index contributed by atoms with van der Waals surface area (Å²) < 4.78 is 15.5. The number of nitrogens with one attached hydrogen (secondary N) is 1. The van der Waals surface area contributed by atoms with Gasteiger partial charge in [-0.3, -0.25) is 4.68 Å². The third-order valence-electron chi connectivity index (χ3n) is 2.46. The minimum Gasteiger partial charge on any atom is -0.378 e. The lowest BCUT2D eigenvalue weighted by atomic mass is 10.2. The van der Waals surface area contributed by atoms with E-state index in [-0.39, 0.29) is 5.82 Å². The van der Waals surface area contributed by atoms with E-state index in [1.807, 2.05) is 17.8 Å². The Bertz CT molecular complexity index is 510. The molecule has 0 amide bonds. The highest BCUT2D eigenvalue weighted by Gasteiger charge is 2.02. The summed E-state index contributed by atoms with van der Waals surface area (Å²) in [6.07, 6.45) is 3.72. The van der Waals surface area contributed by atoms with Gasteiger partial charge in [-0.1, -0.05) is 22.0 Å². The Morgan fingerprint density at radius 3 is 2.94 bits per heavy atom. The van der Waals surface area contributed by atoms with Crippen molar-refractivity contribution in [3.8, 4) is 0 Å². The predicted molar refractivity (Wildman–Crippen MR) is 69.3 cm³/mol. The molecule has 5 heteroatoms. The molecule has 0 unspecified atom stereocenters. The summed E-state index contributed by atoms with van der Waals surface area (Å²) in [5.41, 5.74) is 1.97. The Balaban J connectivity index is 2.02. The van der Waals surface area contributed by atoms with Gasteiger partial charge in [-0.25, -0.2) is 4.39 Å². The maximum atomic E-state index is 12.9. The molecule has 1 aromatic carbocycles. The van der Waals surface area contributed by atoms with Crippen molar-refractivity contribution < 1.29 is 4.39 Å². The second-order valence-corrected chi connectivity index (χ2v) is 4.53. The molecule has 0 fully saturated rings. The smallest absolute Gasteiger partial charge is 0.124 e. The van der Waals surface area contributed by atoms with Gasteiger partial charge in [0, 0.05) is 23.8 Å². The normalized spacial score (nSPS) is 10.5. The second kappa shape index (κ2) is 5.31. The lowest BCUT2D eigenvalue weighted by Gasteiger charge is -2.06. The zero-order valence-corrected chi connectivity index (χ0v) is 11.0. The summed E-state index contributed by atoms with van der Waals surface area (Å²) in [4.78, 5) is 0. The van der Waals surface area contributed by atoms with E-state index >= 15 is 0 Å². The Labute approximate surface area is 108 Å². The van der Waals surface area contributed by atoms with Crippen LogP contribution < -0.4 is 5.32 Å². The first-order chi connectivity index (χ1) is 8.19. The third-order valence-corrected chi connectivity index (χ3v) is 3.19. The zero-order valence-electron chi connectivity index (χ0n) is 9.45. The molecule has 2 aromatic rings. The molecule has 3 nitrogen and oxygen atoms in total. The minimum atomic E-state index is -0.237. The molecule has 0 aliphatic rings. The molecule has 1 aromatic heterocycles. The highest BCUT2D eigenvalue weighted by Crippen LogP contribution is 2.19. The van der Waals surface area contributed by atoms with E-state index in [9.17, 15) is 4.39 Å². The van der Waals surface area contributed by atoms with E-state index in [0.29, 0.717) is 6.54 Å². The van der Waals surface area contributed by atoms with Crippen LogP contribution in [0.1, 0.15) is 12.5 Å². The molecule has 0 radical (unpaired) electrons. The zero-order chi connectivity index (χ0) is 12.3. The minimum absolute atomic E-state index is 0.237. The molecule has 1 heterocycles. The lowest BCUT2D eigenvalue weighted by Crippen LogP contribution is -1.99. The monoisotopic (exact) mass is 297 g/mol. The third kappa shape index (κ3) is 3.06. The Morgan fingerprint density at radius 1 is 1.47 bits per heavy atom. The first kappa shape index (κ1) is 12.1. The Morgan fingerprint density at radius 2 is 2.29 bits per heavy atom. The van der Waals surface area contributed by atoms with Crippen LogP contribution in [-0.2, 0) is 13.1 Å². The summed E-state index contributed by atoms with van der Waals surface area (Å²) in [7, 11) is 0. The molecule has 0 bridgehead atoms. The number of halogens is 2. The van der Waals surface area contributed by atoms with Crippen molar-refractivity contribution in [1.29, 1.82) is 0 Å². The molecule has 0 saturated heterocycles. The van der Waals surface area contributed by atoms with Gasteiger partial charge in [0.05, 0.1) is 11.9 Å². The van der Waals surface area contributed by atoms with E-state index in [0.717, 1.165) is 22.3 Å². The van der Waals surface area contributed by atoms with E-state index in [4.69, 9.17) is 0 Å². The van der Waals surface area contributed by atoms with Crippen LogP contribution in [0.15, 0.2) is 35.1 Å². The van der Waals surface area contributed by atoms with Gasteiger partial charge in [-0.05, 0) is 24.6 Å². The van der Waals surface area contributed by atoms with Crippen LogP contribution in [-0.4, -0.2) is 9.78 Å². The molecule has 1 N–H and O–H groups in total. The van der Waals surface area contributed by atoms with E-state index < -0.39 is 0 Å². The number of benzene rings is 1. The van der Waals surface area contributed by atoms with E-state index in [1.165, 1.54) is 12.1 Å². The number of hydrogen-bond donors (Lipinski definition) is 1. The molecular weight excluding hydrogens is 285 g/mol. The fraction of sp³-hybridized carbons (Fsp3) is 0.250. The topological polar surface area (TPSA) is 29.9 Å². The number of aryl methyl sites for hydroxylation is 1. The first-order valence-corrected chi connectivity index (χ1v) is 6.18. The average molecular weight is 298 g/mol. The van der Waals surface area contributed by atoms with Crippen molar-refractivity contribution in [2.24, 2.45) is 0 Å². The van der Waals surface area contributed by atoms with Crippen molar-refractivity contribution in [3.63, 3.8) is 0 Å². The highest BCUT2D eigenvalue weighted by atomic mass is 79.9. The number of anilines is 1. The van der Waals surface area contributed by atoms with E-state index in [1.54, 1.807) is 12.3 Å². The van der Waals surface area contributed by atoms with E-state index in [2.05, 4.69) is 26.3 Å². The van der Waals surface area contributed by atoms with Gasteiger partial charge in [-0.2, -0.15) is 5.10 Å². The van der Waals surface area contributed by atoms with Gasteiger partial charge < -0.3 is 5.32 Å². The van der Waals surface area contributed by atoms with Gasteiger partial charge in [0.1, 0.15) is 5.82 Å². The molecule has 0 spiro atoms. The summed E-state index contributed by atoms with van der Waals surface area (Å²) in [6.45, 7) is 3.52. The first-order valence-electron chi connectivity index (χ1n) is 5.39. The standard InChI is InChI=1S/C12H13BrFN3/c1-2-17-8-11(7-16-17)15-6-9-3-4-10(14)5-12(9)13/h3-5,7-8,15H,2,6H2,1H3. The summed E-state index contributed by atoms with van der Waals surface area (Å²) >= 11 is 3.34. The van der Waals surface area contributed by atoms with Crippen LogP contribution in [0.2, 0.25) is 0 Å². The van der Waals surface area contributed by atoms with Gasteiger partial charge in [0.25, 0.3) is 0 Å². The highest BCUT2D eigenvalue weighted by molar-refractivity contribution is 9.10. The number of hydrogen-bond acceptors (Lipinski definition) is 2. The molecule has 0 saturated carbocycles. The van der Waals surface area contributed by atoms with Crippen molar-refractivity contribution >= 4 is 21.6 Å². The van der Waals surface area contributed by atoms with Crippen LogP contribution in [0.4, 0.5) is 10.1 Å². The molecule has 17 heavy (non-hydrogen) atoms. The maximum absolute atomic E-state index is 12.9. The predicted octanol–water partition coefficient (Wildman–Crippen LogP) is 3.42. The lowest BCUT2D eigenvalue weighted by molar-refractivity contribution is 0.626. The Kier molecular flexibility index (Phi) is 3.78. The molecule has 0 aliphatic heterocycles. The number of nitrogens with zero attached hydrogens (tertiary/aromatic N) is 2. The fourth-order valence-electron chi connectivity index (χ4n) is 1.49. The second-order valence-electron chi connectivity index (χ2n) is 3.67. The van der Waals surface area contributed by atoms with Gasteiger partial charge in [0.2, 0.25) is 0 Å². The van der Waals surface area contributed by atoms with Crippen molar-refractivity contribution in [1.82, 2.24) is 9.78 Å². The molecule has 0 aliphatic carbocycles. The Hall–Kier alpha value is -1.36. The van der Waals surface area contributed by atoms with Crippen LogP contribution in [0, 0.1) is 5.82 Å². The largest absolute Gasteiger partial charge is 0.378 e. The molecular formula is C12H13BrFN3. The van der Waals surface area contributed by atoms with Crippen molar-refractivity contribution in [3.05, 3.63) is 46.4 Å². The van der Waals surface area contributed by atoms with Crippen LogP contribution >= 0.6 is 15.9 Å². The van der Waals surface area contributed by atoms with Crippen LogP contribution in [0.5, 0.6) is 0 Å². The van der Waals surface area contributed by atoms with Gasteiger partial charge in [0.15, 0.2) is 0 Å². The van der Waals surface area contributed by atoms with Gasteiger partial charge >= 0.3 is 0 Å². The summed E-state index contributed by atoms with van der Waals surface area (Å²) in [5, 5.41) is 7.41. The van der Waals surface area contributed by atoms with Crippen molar-refractivity contribution in [2.45, 2.75) is 20.0 Å². The SMILES string of the molecule is CCn1cc(NCc2ccc(F)cc2Br)cn1. The number of rotatable bonds is 4. The molecule has 0 atom stereocenters. The molecule has 2 rings (SSSR count).